The van der Waals surface area contributed by atoms with Crippen molar-refractivity contribution in [2.75, 3.05) is 18.5 Å². The molecule has 2 rings (SSSR count). The van der Waals surface area contributed by atoms with Crippen LogP contribution in [0.25, 0.3) is 0 Å². The van der Waals surface area contributed by atoms with E-state index < -0.39 is 0 Å². The van der Waals surface area contributed by atoms with Gasteiger partial charge in [-0.3, -0.25) is 0 Å². The lowest BCUT2D eigenvalue weighted by Gasteiger charge is -2.21. The quantitative estimate of drug-likeness (QED) is 0.722. The first-order chi connectivity index (χ1) is 10.1. The smallest absolute Gasteiger partial charge is 0.0511 e. The monoisotopic (exact) mass is 410 g/mol. The summed E-state index contributed by atoms with van der Waals surface area (Å²) in [6.45, 7) is 4.91. The van der Waals surface area contributed by atoms with Gasteiger partial charge in [-0.2, -0.15) is 0 Å². The number of rotatable bonds is 6. The van der Waals surface area contributed by atoms with E-state index in [0.29, 0.717) is 0 Å². The minimum atomic E-state index is 0.887. The van der Waals surface area contributed by atoms with Gasteiger partial charge in [0.2, 0.25) is 0 Å². The van der Waals surface area contributed by atoms with Crippen molar-refractivity contribution in [1.82, 2.24) is 5.32 Å². The van der Waals surface area contributed by atoms with E-state index in [2.05, 4.69) is 98.5 Å². The minimum absolute atomic E-state index is 0.887. The molecule has 0 amide bonds. The molecule has 0 spiro atoms. The Balaban J connectivity index is 2.08. The Bertz CT molecular complexity index is 582. The van der Waals surface area contributed by atoms with E-state index in [4.69, 9.17) is 0 Å². The van der Waals surface area contributed by atoms with Gasteiger partial charge >= 0.3 is 0 Å². The van der Waals surface area contributed by atoms with Crippen molar-refractivity contribution in [3.8, 4) is 0 Å². The van der Waals surface area contributed by atoms with E-state index in [1.807, 2.05) is 0 Å². The normalized spacial score (nSPS) is 10.7. The van der Waals surface area contributed by atoms with Crippen LogP contribution in [-0.4, -0.2) is 13.6 Å². The third kappa shape index (κ3) is 4.83. The predicted molar refractivity (Wildman–Crippen MR) is 97.8 cm³/mol. The van der Waals surface area contributed by atoms with Crippen molar-refractivity contribution in [1.29, 1.82) is 0 Å². The third-order valence-corrected chi connectivity index (χ3v) is 4.50. The van der Waals surface area contributed by atoms with Crippen LogP contribution in [0.15, 0.2) is 51.4 Å². The number of hydrogen-bond acceptors (Lipinski definition) is 2. The highest BCUT2D eigenvalue weighted by atomic mass is 79.9. The van der Waals surface area contributed by atoms with Crippen molar-refractivity contribution in [3.63, 3.8) is 0 Å². The molecule has 2 nitrogen and oxygen atoms in total. The summed E-state index contributed by atoms with van der Waals surface area (Å²) in [7, 11) is 2.12. The van der Waals surface area contributed by atoms with Crippen LogP contribution in [0.1, 0.15) is 18.1 Å². The Hall–Kier alpha value is -0.840. The summed E-state index contributed by atoms with van der Waals surface area (Å²) >= 11 is 7.16. The summed E-state index contributed by atoms with van der Waals surface area (Å²) in [6, 6.07) is 15.0. The maximum atomic E-state index is 3.69. The van der Waals surface area contributed by atoms with Gasteiger partial charge in [0.25, 0.3) is 0 Å². The zero-order chi connectivity index (χ0) is 15.2. The number of nitrogens with one attached hydrogen (secondary N) is 1. The van der Waals surface area contributed by atoms with Crippen molar-refractivity contribution in [2.24, 2.45) is 0 Å². The lowest BCUT2D eigenvalue weighted by molar-refractivity contribution is 0.726. The predicted octanol–water partition coefficient (Wildman–Crippen LogP) is 4.96. The SMILES string of the molecule is CCNCc1ccc(N(C)Cc2ccc(Br)cc2)c(Br)c1. The van der Waals surface area contributed by atoms with Gasteiger partial charge in [-0.1, -0.05) is 41.1 Å². The van der Waals surface area contributed by atoms with Crippen LogP contribution in [0, 0.1) is 0 Å². The van der Waals surface area contributed by atoms with E-state index in [0.717, 1.165) is 28.6 Å². The Morgan fingerprint density at radius 1 is 1.00 bits per heavy atom. The van der Waals surface area contributed by atoms with Gasteiger partial charge in [0.1, 0.15) is 0 Å². The van der Waals surface area contributed by atoms with Crippen molar-refractivity contribution in [2.45, 2.75) is 20.0 Å². The first-order valence-electron chi connectivity index (χ1n) is 7.05. The molecule has 0 saturated heterocycles. The molecule has 0 aromatic heterocycles. The van der Waals surface area contributed by atoms with Gasteiger partial charge in [-0.25, -0.2) is 0 Å². The largest absolute Gasteiger partial charge is 0.369 e. The lowest BCUT2D eigenvalue weighted by atomic mass is 10.1. The second-order valence-electron chi connectivity index (χ2n) is 5.05. The van der Waals surface area contributed by atoms with Gasteiger partial charge in [-0.05, 0) is 57.9 Å². The Morgan fingerprint density at radius 3 is 2.29 bits per heavy atom. The van der Waals surface area contributed by atoms with Crippen molar-refractivity contribution >= 4 is 37.5 Å². The van der Waals surface area contributed by atoms with E-state index >= 15 is 0 Å². The average Bonchev–Trinajstić information content (AvgIpc) is 2.47. The second kappa shape index (κ2) is 7.97. The number of anilines is 1. The first kappa shape index (κ1) is 16.5. The summed E-state index contributed by atoms with van der Waals surface area (Å²) in [4.78, 5) is 2.25. The van der Waals surface area contributed by atoms with Gasteiger partial charge in [0.05, 0.1) is 5.69 Å². The molecule has 2 aromatic carbocycles. The molecule has 0 radical (unpaired) electrons. The van der Waals surface area contributed by atoms with Crippen LogP contribution in [0.5, 0.6) is 0 Å². The molecule has 0 saturated carbocycles. The van der Waals surface area contributed by atoms with E-state index in [9.17, 15) is 0 Å². The molecule has 21 heavy (non-hydrogen) atoms. The van der Waals surface area contributed by atoms with Crippen LogP contribution in [0.2, 0.25) is 0 Å². The number of hydrogen-bond donors (Lipinski definition) is 1. The Morgan fingerprint density at radius 2 is 1.67 bits per heavy atom. The summed E-state index contributed by atoms with van der Waals surface area (Å²) in [6.07, 6.45) is 0. The summed E-state index contributed by atoms with van der Waals surface area (Å²) in [5, 5.41) is 3.35. The van der Waals surface area contributed by atoms with E-state index in [1.165, 1.54) is 16.8 Å². The van der Waals surface area contributed by atoms with Crippen LogP contribution < -0.4 is 10.2 Å². The molecular formula is C17H20Br2N2. The van der Waals surface area contributed by atoms with Crippen LogP contribution in [0.3, 0.4) is 0 Å². The van der Waals surface area contributed by atoms with Gasteiger partial charge in [-0.15, -0.1) is 0 Å². The topological polar surface area (TPSA) is 15.3 Å². The highest BCUT2D eigenvalue weighted by Gasteiger charge is 2.07. The third-order valence-electron chi connectivity index (χ3n) is 3.34. The molecule has 0 aliphatic rings. The van der Waals surface area contributed by atoms with Crippen molar-refractivity contribution < 1.29 is 0 Å². The van der Waals surface area contributed by atoms with Gasteiger partial charge < -0.3 is 10.2 Å². The molecule has 0 heterocycles. The molecule has 0 fully saturated rings. The fraction of sp³-hybridized carbons (Fsp3) is 0.294. The Labute approximate surface area is 143 Å². The van der Waals surface area contributed by atoms with Crippen LogP contribution in [0.4, 0.5) is 5.69 Å². The standard InChI is InChI=1S/C17H20Br2N2/c1-3-20-11-14-6-9-17(16(19)10-14)21(2)12-13-4-7-15(18)8-5-13/h4-10,20H,3,11-12H2,1-2H3. The van der Waals surface area contributed by atoms with Crippen molar-refractivity contribution in [3.05, 3.63) is 62.5 Å². The second-order valence-corrected chi connectivity index (χ2v) is 6.82. The van der Waals surface area contributed by atoms with E-state index in [1.54, 1.807) is 0 Å². The highest BCUT2D eigenvalue weighted by molar-refractivity contribution is 9.10. The van der Waals surface area contributed by atoms with E-state index in [-0.39, 0.29) is 0 Å². The molecule has 0 aliphatic carbocycles. The molecule has 2 aromatic rings. The average molecular weight is 412 g/mol. The summed E-state index contributed by atoms with van der Waals surface area (Å²) in [5.74, 6) is 0. The number of halogens is 2. The fourth-order valence-electron chi connectivity index (χ4n) is 2.19. The molecule has 0 bridgehead atoms. The number of nitrogens with zero attached hydrogens (tertiary/aromatic N) is 1. The Kier molecular flexibility index (Phi) is 6.27. The fourth-order valence-corrected chi connectivity index (χ4v) is 3.18. The molecular weight excluding hydrogens is 392 g/mol. The van der Waals surface area contributed by atoms with Gasteiger partial charge in [0, 0.05) is 29.1 Å². The zero-order valence-electron chi connectivity index (χ0n) is 12.4. The minimum Gasteiger partial charge on any atom is -0.369 e. The van der Waals surface area contributed by atoms with Crippen LogP contribution in [-0.2, 0) is 13.1 Å². The summed E-state index contributed by atoms with van der Waals surface area (Å²) < 4.78 is 2.25. The number of benzene rings is 2. The zero-order valence-corrected chi connectivity index (χ0v) is 15.5. The lowest BCUT2D eigenvalue weighted by Crippen LogP contribution is -2.17. The molecule has 0 atom stereocenters. The molecule has 112 valence electrons. The van der Waals surface area contributed by atoms with Crippen LogP contribution >= 0.6 is 31.9 Å². The summed E-state index contributed by atoms with van der Waals surface area (Å²) in [5.41, 5.74) is 3.80. The molecule has 4 heteroatoms. The maximum Gasteiger partial charge on any atom is 0.0511 e. The maximum absolute atomic E-state index is 3.69. The molecule has 0 unspecified atom stereocenters. The molecule has 0 aliphatic heterocycles. The first-order valence-corrected chi connectivity index (χ1v) is 8.63. The highest BCUT2D eigenvalue weighted by Crippen LogP contribution is 2.28. The molecule has 1 N–H and O–H groups in total. The van der Waals surface area contributed by atoms with Gasteiger partial charge in [0.15, 0.2) is 0 Å².